The van der Waals surface area contributed by atoms with Gasteiger partial charge in [-0.05, 0) is 73.9 Å². The van der Waals surface area contributed by atoms with Gasteiger partial charge in [0.2, 0.25) is 0 Å². The summed E-state index contributed by atoms with van der Waals surface area (Å²) in [5.41, 5.74) is 5.97. The fourth-order valence-corrected chi connectivity index (χ4v) is 5.43. The summed E-state index contributed by atoms with van der Waals surface area (Å²) < 4.78 is 2.97. The molecule has 2 aromatic carbocycles. The van der Waals surface area contributed by atoms with Gasteiger partial charge in [0.25, 0.3) is 0 Å². The minimum absolute atomic E-state index is 1.23. The molecule has 0 N–H and O–H groups in total. The van der Waals surface area contributed by atoms with Gasteiger partial charge >= 0.3 is 0 Å². The minimum atomic E-state index is 1.23. The summed E-state index contributed by atoms with van der Waals surface area (Å²) in [5.74, 6) is 0. The Morgan fingerprint density at radius 3 is 2.12 bits per heavy atom. The molecule has 0 nitrogen and oxygen atoms in total. The van der Waals surface area contributed by atoms with Crippen molar-refractivity contribution >= 4 is 31.5 Å². The molecule has 25 heavy (non-hydrogen) atoms. The Morgan fingerprint density at radius 2 is 1.40 bits per heavy atom. The molecule has 3 rings (SSSR count). The van der Waals surface area contributed by atoms with Crippen LogP contribution >= 0.6 is 11.3 Å². The molecule has 0 aliphatic carbocycles. The smallest absolute Gasteiger partial charge is 0.0361 e. The number of benzene rings is 2. The van der Waals surface area contributed by atoms with Crippen molar-refractivity contribution in [1.82, 2.24) is 0 Å². The Balaban J connectivity index is 2.11. The van der Waals surface area contributed by atoms with E-state index >= 15 is 0 Å². The van der Waals surface area contributed by atoms with Crippen LogP contribution in [-0.2, 0) is 12.8 Å². The predicted octanol–water partition coefficient (Wildman–Crippen LogP) is 8.14. The zero-order chi connectivity index (χ0) is 17.8. The maximum atomic E-state index is 2.53. The normalized spacial score (nSPS) is 11.7. The topological polar surface area (TPSA) is 0 Å². The van der Waals surface area contributed by atoms with Crippen LogP contribution in [0.2, 0.25) is 0 Å². The summed E-state index contributed by atoms with van der Waals surface area (Å²) in [6.45, 7) is 9.09. The van der Waals surface area contributed by atoms with Crippen LogP contribution in [-0.4, -0.2) is 0 Å². The number of fused-ring (bicyclic) bond motifs is 3. The molecule has 0 amide bonds. The Morgan fingerprint density at radius 1 is 0.720 bits per heavy atom. The van der Waals surface area contributed by atoms with Crippen molar-refractivity contribution < 1.29 is 0 Å². The standard InChI is InChI=1S/C24H32S/c1-5-7-9-11-19-15-20(12-10-8-6-2)24-22(16-19)25-21-14-17(3)13-18(4)23(21)24/h13-16H,5-12H2,1-4H3. The number of unbranched alkanes of at least 4 members (excludes halogenated alkanes) is 4. The van der Waals surface area contributed by atoms with Crippen LogP contribution in [0.5, 0.6) is 0 Å². The van der Waals surface area contributed by atoms with E-state index in [0.29, 0.717) is 0 Å². The van der Waals surface area contributed by atoms with Crippen molar-refractivity contribution in [2.24, 2.45) is 0 Å². The molecule has 1 heteroatoms. The number of hydrogen-bond acceptors (Lipinski definition) is 1. The van der Waals surface area contributed by atoms with Crippen molar-refractivity contribution in [2.45, 2.75) is 79.1 Å². The molecular formula is C24H32S. The fraction of sp³-hybridized carbons (Fsp3) is 0.500. The van der Waals surface area contributed by atoms with Crippen LogP contribution in [0.1, 0.15) is 74.6 Å². The largest absolute Gasteiger partial charge is 0.135 e. The average Bonchev–Trinajstić information content (AvgIpc) is 2.93. The van der Waals surface area contributed by atoms with Gasteiger partial charge in [-0.15, -0.1) is 11.3 Å². The molecule has 1 aromatic heterocycles. The first-order valence-electron chi connectivity index (χ1n) is 10.1. The van der Waals surface area contributed by atoms with Gasteiger partial charge in [0.1, 0.15) is 0 Å². The highest BCUT2D eigenvalue weighted by molar-refractivity contribution is 7.25. The lowest BCUT2D eigenvalue weighted by Gasteiger charge is -2.10. The van der Waals surface area contributed by atoms with Crippen LogP contribution in [0.15, 0.2) is 24.3 Å². The third-order valence-corrected chi connectivity index (χ3v) is 6.36. The van der Waals surface area contributed by atoms with Crippen LogP contribution in [0, 0.1) is 13.8 Å². The van der Waals surface area contributed by atoms with Gasteiger partial charge in [-0.1, -0.05) is 51.7 Å². The van der Waals surface area contributed by atoms with Crippen molar-refractivity contribution in [2.75, 3.05) is 0 Å². The van der Waals surface area contributed by atoms with Crippen LogP contribution in [0.3, 0.4) is 0 Å². The molecule has 0 aliphatic rings. The number of hydrogen-bond donors (Lipinski definition) is 0. The highest BCUT2D eigenvalue weighted by Gasteiger charge is 2.13. The molecule has 0 fully saturated rings. The lowest BCUT2D eigenvalue weighted by atomic mass is 9.95. The summed E-state index contributed by atoms with van der Waals surface area (Å²) in [6, 6.07) is 9.73. The molecule has 0 unspecified atom stereocenters. The van der Waals surface area contributed by atoms with Gasteiger partial charge in [-0.3, -0.25) is 0 Å². The Bertz CT molecular complexity index is 854. The van der Waals surface area contributed by atoms with Crippen LogP contribution in [0.25, 0.3) is 20.2 Å². The first-order chi connectivity index (χ1) is 12.1. The third-order valence-electron chi connectivity index (χ3n) is 5.28. The molecular weight excluding hydrogens is 320 g/mol. The predicted molar refractivity (Wildman–Crippen MR) is 115 cm³/mol. The van der Waals surface area contributed by atoms with Gasteiger partial charge in [-0.2, -0.15) is 0 Å². The molecule has 0 atom stereocenters. The second-order valence-corrected chi connectivity index (χ2v) is 8.68. The zero-order valence-electron chi connectivity index (χ0n) is 16.4. The molecule has 0 radical (unpaired) electrons. The van der Waals surface area contributed by atoms with E-state index in [1.165, 1.54) is 77.3 Å². The third kappa shape index (κ3) is 4.08. The number of thiophene rings is 1. The second kappa shape index (κ2) is 8.36. The van der Waals surface area contributed by atoms with E-state index in [1.54, 1.807) is 16.5 Å². The van der Waals surface area contributed by atoms with Crippen LogP contribution < -0.4 is 0 Å². The Kier molecular flexibility index (Phi) is 6.17. The van der Waals surface area contributed by atoms with Crippen LogP contribution in [0.4, 0.5) is 0 Å². The first-order valence-corrected chi connectivity index (χ1v) is 10.9. The van der Waals surface area contributed by atoms with E-state index in [1.807, 2.05) is 11.3 Å². The minimum Gasteiger partial charge on any atom is -0.135 e. The summed E-state index contributed by atoms with van der Waals surface area (Å²) in [6.07, 6.45) is 10.4. The lowest BCUT2D eigenvalue weighted by molar-refractivity contribution is 0.711. The molecule has 0 bridgehead atoms. The summed E-state index contributed by atoms with van der Waals surface area (Å²) >= 11 is 2.00. The van der Waals surface area contributed by atoms with Crippen molar-refractivity contribution in [3.8, 4) is 0 Å². The molecule has 134 valence electrons. The molecule has 1 heterocycles. The summed E-state index contributed by atoms with van der Waals surface area (Å²) in [5, 5.41) is 3.06. The van der Waals surface area contributed by atoms with Gasteiger partial charge in [0.05, 0.1) is 0 Å². The van der Waals surface area contributed by atoms with Crippen molar-refractivity contribution in [3.05, 3.63) is 46.5 Å². The quantitative estimate of drug-likeness (QED) is 0.359. The Hall–Kier alpha value is -1.34. The molecule has 0 aliphatic heterocycles. The summed E-state index contributed by atoms with van der Waals surface area (Å²) in [7, 11) is 0. The van der Waals surface area contributed by atoms with E-state index in [2.05, 4.69) is 52.0 Å². The monoisotopic (exact) mass is 352 g/mol. The van der Waals surface area contributed by atoms with Gasteiger partial charge in [0, 0.05) is 20.2 Å². The van der Waals surface area contributed by atoms with Crippen molar-refractivity contribution in [3.63, 3.8) is 0 Å². The molecule has 0 spiro atoms. The lowest BCUT2D eigenvalue weighted by Crippen LogP contribution is -1.92. The van der Waals surface area contributed by atoms with Crippen molar-refractivity contribution in [1.29, 1.82) is 0 Å². The SMILES string of the molecule is CCCCCc1cc(CCCCC)c2c(c1)sc1cc(C)cc(C)c12. The van der Waals surface area contributed by atoms with E-state index in [4.69, 9.17) is 0 Å². The highest BCUT2D eigenvalue weighted by atomic mass is 32.1. The van der Waals surface area contributed by atoms with Gasteiger partial charge < -0.3 is 0 Å². The van der Waals surface area contributed by atoms with E-state index < -0.39 is 0 Å². The first kappa shape index (κ1) is 18.5. The molecule has 3 aromatic rings. The van der Waals surface area contributed by atoms with Gasteiger partial charge in [0.15, 0.2) is 0 Å². The second-order valence-electron chi connectivity index (χ2n) is 7.60. The molecule has 0 saturated carbocycles. The van der Waals surface area contributed by atoms with E-state index in [0.717, 1.165) is 0 Å². The zero-order valence-corrected chi connectivity index (χ0v) is 17.2. The molecule has 0 saturated heterocycles. The maximum absolute atomic E-state index is 2.53. The maximum Gasteiger partial charge on any atom is 0.0361 e. The number of rotatable bonds is 8. The Labute approximate surface area is 157 Å². The van der Waals surface area contributed by atoms with E-state index in [-0.39, 0.29) is 0 Å². The average molecular weight is 353 g/mol. The number of aryl methyl sites for hydroxylation is 4. The van der Waals surface area contributed by atoms with Gasteiger partial charge in [-0.25, -0.2) is 0 Å². The van der Waals surface area contributed by atoms with E-state index in [9.17, 15) is 0 Å². The fourth-order valence-electron chi connectivity index (χ4n) is 4.03. The highest BCUT2D eigenvalue weighted by Crippen LogP contribution is 2.40. The summed E-state index contributed by atoms with van der Waals surface area (Å²) in [4.78, 5) is 0.